The van der Waals surface area contributed by atoms with Crippen LogP contribution in [0.15, 0.2) is 18.2 Å². The van der Waals surface area contributed by atoms with Crippen LogP contribution in [0.1, 0.15) is 18.4 Å². The average Bonchev–Trinajstić information content (AvgIpc) is 3.24. The molecule has 1 atom stereocenters. The Bertz CT molecular complexity index is 489. The number of ether oxygens (including phenoxy) is 1. The van der Waals surface area contributed by atoms with Gasteiger partial charge in [-0.15, -0.1) is 0 Å². The zero-order valence-corrected chi connectivity index (χ0v) is 11.9. The third kappa shape index (κ3) is 3.26. The van der Waals surface area contributed by atoms with Gasteiger partial charge in [0.15, 0.2) is 0 Å². The molecule has 6 nitrogen and oxygen atoms in total. The molecule has 1 unspecified atom stereocenters. The van der Waals surface area contributed by atoms with Crippen molar-refractivity contribution in [3.8, 4) is 5.75 Å². The topological polar surface area (TPSA) is 81.6 Å². The lowest BCUT2D eigenvalue weighted by atomic mass is 10.1. The highest BCUT2D eigenvalue weighted by Gasteiger charge is 2.33. The number of likely N-dealkylation sites (N-methyl/N-ethyl adjacent to an activating group) is 1. The Labute approximate surface area is 118 Å². The SMILES string of the molecule is COc1ccc([N+](=O)[O-])cc1CN(C)C(CN)C1CC1. The minimum atomic E-state index is -0.385. The van der Waals surface area contributed by atoms with Crippen LogP contribution in [0.5, 0.6) is 5.75 Å². The first-order chi connectivity index (χ1) is 9.56. The molecule has 0 spiro atoms. The first-order valence-corrected chi connectivity index (χ1v) is 6.78. The summed E-state index contributed by atoms with van der Waals surface area (Å²) in [7, 11) is 3.58. The quantitative estimate of drug-likeness (QED) is 0.607. The van der Waals surface area contributed by atoms with Crippen molar-refractivity contribution in [2.45, 2.75) is 25.4 Å². The fourth-order valence-corrected chi connectivity index (χ4v) is 2.60. The third-order valence-electron chi connectivity index (χ3n) is 3.87. The highest BCUT2D eigenvalue weighted by Crippen LogP contribution is 2.35. The van der Waals surface area contributed by atoms with Crippen molar-refractivity contribution in [1.29, 1.82) is 0 Å². The van der Waals surface area contributed by atoms with E-state index in [9.17, 15) is 10.1 Å². The molecule has 1 saturated carbocycles. The van der Waals surface area contributed by atoms with Crippen LogP contribution in [0.3, 0.4) is 0 Å². The summed E-state index contributed by atoms with van der Waals surface area (Å²) in [4.78, 5) is 12.7. The lowest BCUT2D eigenvalue weighted by molar-refractivity contribution is -0.385. The molecule has 0 saturated heterocycles. The van der Waals surface area contributed by atoms with Crippen molar-refractivity contribution < 1.29 is 9.66 Å². The molecule has 110 valence electrons. The van der Waals surface area contributed by atoms with Crippen molar-refractivity contribution in [3.05, 3.63) is 33.9 Å². The van der Waals surface area contributed by atoms with Crippen LogP contribution in [-0.4, -0.2) is 36.6 Å². The number of nitro groups is 1. The van der Waals surface area contributed by atoms with E-state index in [-0.39, 0.29) is 10.6 Å². The van der Waals surface area contributed by atoms with Crippen molar-refractivity contribution in [3.63, 3.8) is 0 Å². The monoisotopic (exact) mass is 279 g/mol. The zero-order chi connectivity index (χ0) is 14.7. The molecule has 20 heavy (non-hydrogen) atoms. The molecule has 0 heterocycles. The van der Waals surface area contributed by atoms with Gasteiger partial charge in [0.25, 0.3) is 5.69 Å². The lowest BCUT2D eigenvalue weighted by Gasteiger charge is -2.27. The maximum absolute atomic E-state index is 10.9. The fraction of sp³-hybridized carbons (Fsp3) is 0.571. The third-order valence-corrected chi connectivity index (χ3v) is 3.87. The van der Waals surface area contributed by atoms with Gasteiger partial charge in [0.05, 0.1) is 12.0 Å². The molecule has 1 aliphatic rings. The van der Waals surface area contributed by atoms with E-state index < -0.39 is 0 Å². The van der Waals surface area contributed by atoms with Gasteiger partial charge in [0, 0.05) is 36.8 Å². The van der Waals surface area contributed by atoms with Gasteiger partial charge in [-0.25, -0.2) is 0 Å². The van der Waals surface area contributed by atoms with E-state index in [1.54, 1.807) is 19.2 Å². The van der Waals surface area contributed by atoms with Crippen molar-refractivity contribution >= 4 is 5.69 Å². The summed E-state index contributed by atoms with van der Waals surface area (Å²) in [5.74, 6) is 1.34. The molecule has 2 N–H and O–H groups in total. The summed E-state index contributed by atoms with van der Waals surface area (Å²) < 4.78 is 5.29. The first kappa shape index (κ1) is 14.7. The molecule has 2 rings (SSSR count). The number of nitro benzene ring substituents is 1. The van der Waals surface area contributed by atoms with Gasteiger partial charge in [-0.3, -0.25) is 15.0 Å². The zero-order valence-electron chi connectivity index (χ0n) is 11.9. The number of hydrogen-bond acceptors (Lipinski definition) is 5. The van der Waals surface area contributed by atoms with Crippen molar-refractivity contribution in [2.24, 2.45) is 11.7 Å². The van der Waals surface area contributed by atoms with Crippen LogP contribution in [0.25, 0.3) is 0 Å². The van der Waals surface area contributed by atoms with Crippen LogP contribution < -0.4 is 10.5 Å². The molecule has 1 fully saturated rings. The lowest BCUT2D eigenvalue weighted by Crippen LogP contribution is -2.39. The second-order valence-corrected chi connectivity index (χ2v) is 5.31. The molecule has 0 aliphatic heterocycles. The summed E-state index contributed by atoms with van der Waals surface area (Å²) in [6.45, 7) is 1.21. The second kappa shape index (κ2) is 6.19. The number of nitrogens with zero attached hydrogens (tertiary/aromatic N) is 2. The van der Waals surface area contributed by atoms with Gasteiger partial charge in [0.2, 0.25) is 0 Å². The maximum Gasteiger partial charge on any atom is 0.270 e. The summed E-state index contributed by atoms with van der Waals surface area (Å²) in [5, 5.41) is 10.9. The van der Waals surface area contributed by atoms with E-state index in [0.717, 1.165) is 5.56 Å². The second-order valence-electron chi connectivity index (χ2n) is 5.31. The van der Waals surface area contributed by atoms with Gasteiger partial charge >= 0.3 is 0 Å². The van der Waals surface area contributed by atoms with E-state index in [1.807, 2.05) is 7.05 Å². The standard InChI is InChI=1S/C14H21N3O3/c1-16(13(8-15)10-3-4-10)9-11-7-12(17(18)19)5-6-14(11)20-2/h5-7,10,13H,3-4,8-9,15H2,1-2H3. The number of rotatable bonds is 7. The van der Waals surface area contributed by atoms with Gasteiger partial charge in [0.1, 0.15) is 5.75 Å². The molecular formula is C14H21N3O3. The highest BCUT2D eigenvalue weighted by atomic mass is 16.6. The molecule has 0 bridgehead atoms. The van der Waals surface area contributed by atoms with Crippen LogP contribution in [-0.2, 0) is 6.54 Å². The molecule has 1 aliphatic carbocycles. The van der Waals surface area contributed by atoms with Crippen molar-refractivity contribution in [1.82, 2.24) is 4.90 Å². The van der Waals surface area contributed by atoms with Crippen LogP contribution in [0.4, 0.5) is 5.69 Å². The Hall–Kier alpha value is -1.66. The average molecular weight is 279 g/mol. The number of hydrogen-bond donors (Lipinski definition) is 1. The van der Waals surface area contributed by atoms with Crippen LogP contribution in [0.2, 0.25) is 0 Å². The van der Waals surface area contributed by atoms with Crippen LogP contribution >= 0.6 is 0 Å². The molecule has 0 radical (unpaired) electrons. The summed E-state index contributed by atoms with van der Waals surface area (Å²) in [6, 6.07) is 5.02. The Morgan fingerprint density at radius 3 is 2.75 bits per heavy atom. The van der Waals surface area contributed by atoms with E-state index in [4.69, 9.17) is 10.5 Å². The summed E-state index contributed by atoms with van der Waals surface area (Å²) >= 11 is 0. The van der Waals surface area contributed by atoms with Crippen molar-refractivity contribution in [2.75, 3.05) is 20.7 Å². The summed E-state index contributed by atoms with van der Waals surface area (Å²) in [6.07, 6.45) is 2.44. The maximum atomic E-state index is 10.9. The van der Waals surface area contributed by atoms with E-state index >= 15 is 0 Å². The number of non-ortho nitro benzene ring substituents is 1. The van der Waals surface area contributed by atoms with Gasteiger partial charge in [-0.05, 0) is 31.9 Å². The minimum Gasteiger partial charge on any atom is -0.496 e. The van der Waals surface area contributed by atoms with Gasteiger partial charge in [-0.2, -0.15) is 0 Å². The molecule has 6 heteroatoms. The Morgan fingerprint density at radius 2 is 2.25 bits per heavy atom. The Morgan fingerprint density at radius 1 is 1.55 bits per heavy atom. The fourth-order valence-electron chi connectivity index (χ4n) is 2.60. The summed E-state index contributed by atoms with van der Waals surface area (Å²) in [5.41, 5.74) is 6.75. The predicted molar refractivity (Wildman–Crippen MR) is 76.7 cm³/mol. The Kier molecular flexibility index (Phi) is 4.57. The predicted octanol–water partition coefficient (Wildman–Crippen LogP) is 1.77. The molecule has 1 aromatic rings. The van der Waals surface area contributed by atoms with E-state index in [1.165, 1.54) is 18.9 Å². The molecule has 0 aromatic heterocycles. The number of methoxy groups -OCH3 is 1. The molecular weight excluding hydrogens is 258 g/mol. The normalized spacial score (nSPS) is 16.2. The highest BCUT2D eigenvalue weighted by molar-refractivity contribution is 5.43. The first-order valence-electron chi connectivity index (χ1n) is 6.78. The van der Waals surface area contributed by atoms with Crippen LogP contribution in [0, 0.1) is 16.0 Å². The minimum absolute atomic E-state index is 0.0879. The van der Waals surface area contributed by atoms with E-state index in [0.29, 0.717) is 30.8 Å². The number of nitrogens with two attached hydrogens (primary N) is 1. The smallest absolute Gasteiger partial charge is 0.270 e. The molecule has 0 amide bonds. The van der Waals surface area contributed by atoms with Gasteiger partial charge in [-0.1, -0.05) is 0 Å². The number of benzene rings is 1. The van der Waals surface area contributed by atoms with E-state index in [2.05, 4.69) is 4.90 Å². The largest absolute Gasteiger partial charge is 0.496 e. The van der Waals surface area contributed by atoms with Gasteiger partial charge < -0.3 is 10.5 Å². The molecule has 1 aromatic carbocycles. The Balaban J connectivity index is 2.17.